The van der Waals surface area contributed by atoms with Crippen LogP contribution in [0.1, 0.15) is 78.0 Å². The molecular formula is C40H53N3O4S. The minimum atomic E-state index is -0.863. The average molecular weight is 672 g/mol. The maximum Gasteiger partial charge on any atom is 0.247 e. The Morgan fingerprint density at radius 2 is 1.58 bits per heavy atom. The molecule has 3 aliphatic heterocycles. The first-order valence-corrected chi connectivity index (χ1v) is 18.0. The van der Waals surface area contributed by atoms with E-state index in [-0.39, 0.29) is 29.7 Å². The van der Waals surface area contributed by atoms with Crippen molar-refractivity contribution in [3.63, 3.8) is 0 Å². The molecule has 0 radical (unpaired) electrons. The molecule has 3 heterocycles. The summed E-state index contributed by atoms with van der Waals surface area (Å²) in [6, 6.07) is 17.7. The van der Waals surface area contributed by atoms with Gasteiger partial charge in [-0.05, 0) is 56.6 Å². The lowest BCUT2D eigenvalue weighted by molar-refractivity contribution is -0.150. The zero-order valence-corrected chi connectivity index (χ0v) is 30.3. The molecule has 48 heavy (non-hydrogen) atoms. The van der Waals surface area contributed by atoms with Gasteiger partial charge in [-0.25, -0.2) is 0 Å². The molecule has 1 N–H and O–H groups in total. The number of fused-ring (bicyclic) bond motifs is 1. The van der Waals surface area contributed by atoms with Gasteiger partial charge in [-0.15, -0.1) is 24.9 Å². The van der Waals surface area contributed by atoms with Crippen molar-refractivity contribution in [1.82, 2.24) is 14.7 Å². The molecule has 3 aliphatic rings. The Balaban J connectivity index is 1.64. The topological polar surface area (TPSA) is 81.2 Å². The van der Waals surface area contributed by atoms with Gasteiger partial charge in [0.2, 0.25) is 17.7 Å². The molecule has 6 atom stereocenters. The van der Waals surface area contributed by atoms with E-state index < -0.39 is 39.0 Å². The van der Waals surface area contributed by atoms with Crippen molar-refractivity contribution in [2.45, 2.75) is 94.5 Å². The van der Waals surface area contributed by atoms with E-state index >= 15 is 9.59 Å². The first-order chi connectivity index (χ1) is 22.6. The highest BCUT2D eigenvalue weighted by atomic mass is 32.2. The summed E-state index contributed by atoms with van der Waals surface area (Å²) in [7, 11) is 0. The Morgan fingerprint density at radius 1 is 0.979 bits per heavy atom. The highest BCUT2D eigenvalue weighted by Crippen LogP contribution is 2.72. The van der Waals surface area contributed by atoms with Crippen LogP contribution in [-0.4, -0.2) is 78.3 Å². The number of amides is 3. The fourth-order valence-electron chi connectivity index (χ4n) is 9.08. The third-order valence-corrected chi connectivity index (χ3v) is 12.5. The van der Waals surface area contributed by atoms with Crippen molar-refractivity contribution in [3.05, 3.63) is 97.1 Å². The molecule has 2 bridgehead atoms. The first kappa shape index (κ1) is 35.9. The van der Waals surface area contributed by atoms with Crippen LogP contribution in [0.3, 0.4) is 0 Å². The van der Waals surface area contributed by atoms with Crippen LogP contribution in [0.25, 0.3) is 0 Å². The summed E-state index contributed by atoms with van der Waals surface area (Å²) in [6.45, 7) is 21.4. The second kappa shape index (κ2) is 13.5. The zero-order valence-electron chi connectivity index (χ0n) is 29.5. The summed E-state index contributed by atoms with van der Waals surface area (Å²) in [5.74, 6) is -1.79. The summed E-state index contributed by atoms with van der Waals surface area (Å²) in [6.07, 6.45) is 5.57. The van der Waals surface area contributed by atoms with Crippen LogP contribution in [0, 0.1) is 17.3 Å². The zero-order chi connectivity index (χ0) is 35.1. The molecule has 0 aromatic heterocycles. The van der Waals surface area contributed by atoms with E-state index in [1.807, 2.05) is 65.6 Å². The molecule has 3 saturated heterocycles. The molecule has 3 fully saturated rings. The van der Waals surface area contributed by atoms with E-state index in [4.69, 9.17) is 0 Å². The lowest BCUT2D eigenvalue weighted by Crippen LogP contribution is -2.60. The number of thioether (sulfide) groups is 1. The highest BCUT2D eigenvalue weighted by Gasteiger charge is 2.78. The van der Waals surface area contributed by atoms with Gasteiger partial charge in [-0.1, -0.05) is 93.6 Å². The van der Waals surface area contributed by atoms with Gasteiger partial charge in [0.05, 0.1) is 29.2 Å². The SMILES string of the molecule is C=CCN(Cc1ccccc1)C(=O)[C@@H]1[C@H]2C(=O)N([C@H](CO)c3ccccc3)C(C(=O)N(CC=C)C(C)(C)CC(C)(C)C)C23CC[C@@]1(C)S3. The molecule has 8 heteroatoms. The summed E-state index contributed by atoms with van der Waals surface area (Å²) in [4.78, 5) is 50.6. The van der Waals surface area contributed by atoms with Crippen LogP contribution in [0.5, 0.6) is 0 Å². The molecule has 2 aromatic rings. The van der Waals surface area contributed by atoms with Crippen LogP contribution < -0.4 is 0 Å². The van der Waals surface area contributed by atoms with Gasteiger partial charge in [-0.3, -0.25) is 14.4 Å². The second-order valence-corrected chi connectivity index (χ2v) is 17.8. The molecule has 5 rings (SSSR count). The molecular weight excluding hydrogens is 619 g/mol. The van der Waals surface area contributed by atoms with E-state index in [0.717, 1.165) is 17.5 Å². The number of aliphatic hydroxyl groups excluding tert-OH is 1. The molecule has 258 valence electrons. The van der Waals surface area contributed by atoms with E-state index in [9.17, 15) is 9.90 Å². The van der Waals surface area contributed by atoms with Gasteiger partial charge in [0.15, 0.2) is 0 Å². The summed E-state index contributed by atoms with van der Waals surface area (Å²) < 4.78 is -1.35. The number of hydrogen-bond donors (Lipinski definition) is 1. The molecule has 1 spiro atoms. The number of hydrogen-bond acceptors (Lipinski definition) is 5. The molecule has 2 unspecified atom stereocenters. The second-order valence-electron chi connectivity index (χ2n) is 15.9. The van der Waals surface area contributed by atoms with Gasteiger partial charge >= 0.3 is 0 Å². The Kier molecular flexibility index (Phi) is 10.1. The van der Waals surface area contributed by atoms with Gasteiger partial charge in [0, 0.05) is 29.9 Å². The highest BCUT2D eigenvalue weighted by molar-refractivity contribution is 8.02. The van der Waals surface area contributed by atoms with Crippen molar-refractivity contribution in [2.24, 2.45) is 17.3 Å². The molecule has 3 amide bonds. The number of nitrogens with zero attached hydrogens (tertiary/aromatic N) is 3. The van der Waals surface area contributed by atoms with Crippen LogP contribution in [-0.2, 0) is 20.9 Å². The summed E-state index contributed by atoms with van der Waals surface area (Å²) >= 11 is 1.67. The number of rotatable bonds is 13. The smallest absolute Gasteiger partial charge is 0.247 e. The third-order valence-electron chi connectivity index (χ3n) is 10.6. The Bertz CT molecular complexity index is 1520. The van der Waals surface area contributed by atoms with Gasteiger partial charge < -0.3 is 19.8 Å². The summed E-state index contributed by atoms with van der Waals surface area (Å²) in [5, 5.41) is 11.0. The third kappa shape index (κ3) is 6.38. The largest absolute Gasteiger partial charge is 0.394 e. The van der Waals surface area contributed by atoms with Crippen LogP contribution >= 0.6 is 11.8 Å². The maximum absolute atomic E-state index is 15.3. The number of aliphatic hydroxyl groups is 1. The molecule has 2 aromatic carbocycles. The molecule has 7 nitrogen and oxygen atoms in total. The van der Waals surface area contributed by atoms with E-state index in [1.54, 1.807) is 33.7 Å². The van der Waals surface area contributed by atoms with Crippen molar-refractivity contribution in [1.29, 1.82) is 0 Å². The van der Waals surface area contributed by atoms with Crippen LogP contribution in [0.15, 0.2) is 86.0 Å². The van der Waals surface area contributed by atoms with Crippen molar-refractivity contribution < 1.29 is 19.5 Å². The monoisotopic (exact) mass is 671 g/mol. The predicted octanol–water partition coefficient (Wildman–Crippen LogP) is 6.65. The van der Waals surface area contributed by atoms with Gasteiger partial charge in [0.1, 0.15) is 6.04 Å². The van der Waals surface area contributed by atoms with Crippen molar-refractivity contribution >= 4 is 29.5 Å². The number of likely N-dealkylation sites (tertiary alicyclic amines) is 1. The van der Waals surface area contributed by atoms with E-state index in [1.165, 1.54) is 0 Å². The Morgan fingerprint density at radius 3 is 2.15 bits per heavy atom. The first-order valence-electron chi connectivity index (χ1n) is 17.2. The molecule has 0 aliphatic carbocycles. The van der Waals surface area contributed by atoms with Gasteiger partial charge in [0.25, 0.3) is 0 Å². The van der Waals surface area contributed by atoms with Gasteiger partial charge in [-0.2, -0.15) is 0 Å². The van der Waals surface area contributed by atoms with Crippen molar-refractivity contribution in [2.75, 3.05) is 19.7 Å². The average Bonchev–Trinajstić information content (AvgIpc) is 3.60. The lowest BCUT2D eigenvalue weighted by atomic mass is 9.66. The van der Waals surface area contributed by atoms with E-state index in [2.05, 4.69) is 54.7 Å². The number of carbonyl (C=O) groups is 3. The van der Waals surface area contributed by atoms with E-state index in [0.29, 0.717) is 32.5 Å². The lowest BCUT2D eigenvalue weighted by Gasteiger charge is -2.46. The fourth-order valence-corrected chi connectivity index (χ4v) is 11.4. The predicted molar refractivity (Wildman–Crippen MR) is 194 cm³/mol. The quantitative estimate of drug-likeness (QED) is 0.242. The number of benzene rings is 2. The minimum Gasteiger partial charge on any atom is -0.394 e. The Labute approximate surface area is 291 Å². The number of carbonyl (C=O) groups excluding carboxylic acids is 3. The van der Waals surface area contributed by atoms with Crippen molar-refractivity contribution in [3.8, 4) is 0 Å². The summed E-state index contributed by atoms with van der Waals surface area (Å²) in [5.41, 5.74) is 1.15. The Hall–Kier alpha value is -3.36. The maximum atomic E-state index is 15.3. The normalized spacial score (nSPS) is 27.0. The van der Waals surface area contributed by atoms with Crippen LogP contribution in [0.4, 0.5) is 0 Å². The fraction of sp³-hybridized carbons (Fsp3) is 0.525. The molecule has 0 saturated carbocycles. The minimum absolute atomic E-state index is 0.0637. The standard InChI is InChI=1S/C40H53N3O4S/c1-9-23-41(25-28-17-13-11-14-18-28)34(45)31-32-35(46)43(30(26-44)29-19-15-12-16-20-29)33(40(32)22-21-39(31,8)48-40)36(47)42(24-10-2)38(6,7)27-37(3,4)5/h9-20,30-33,44H,1-2,21-27H2,3-8H3/t30-,31+,32+,33?,39-,40?/m1/s1. The van der Waals surface area contributed by atoms with Crippen LogP contribution in [0.2, 0.25) is 0 Å².